The molecule has 0 bridgehead atoms. The molecule has 8 heteroatoms. The average Bonchev–Trinajstić information content (AvgIpc) is 3.37. The summed E-state index contributed by atoms with van der Waals surface area (Å²) in [6.07, 6.45) is 7.85. The van der Waals surface area contributed by atoms with Gasteiger partial charge in [-0.25, -0.2) is 9.97 Å². The van der Waals surface area contributed by atoms with Crippen molar-refractivity contribution < 1.29 is 9.53 Å². The highest BCUT2D eigenvalue weighted by molar-refractivity contribution is 6.33. The third kappa shape index (κ3) is 3.08. The van der Waals surface area contributed by atoms with Gasteiger partial charge in [-0.15, -0.1) is 0 Å². The van der Waals surface area contributed by atoms with Gasteiger partial charge in [0.1, 0.15) is 17.2 Å². The van der Waals surface area contributed by atoms with E-state index in [1.54, 1.807) is 6.20 Å². The van der Waals surface area contributed by atoms with Crippen LogP contribution >= 0.6 is 11.6 Å². The second-order valence-corrected chi connectivity index (χ2v) is 8.54. The van der Waals surface area contributed by atoms with Crippen molar-refractivity contribution in [2.45, 2.75) is 44.1 Å². The van der Waals surface area contributed by atoms with Crippen molar-refractivity contribution in [2.75, 3.05) is 18.2 Å². The van der Waals surface area contributed by atoms with Crippen LogP contribution in [0.2, 0.25) is 5.02 Å². The van der Waals surface area contributed by atoms with Crippen LogP contribution in [0.1, 0.15) is 54.7 Å². The number of aromatic nitrogens is 3. The van der Waals surface area contributed by atoms with Gasteiger partial charge in [0.05, 0.1) is 35.5 Å². The number of fused-ring (bicyclic) bond motifs is 2. The quantitative estimate of drug-likeness (QED) is 0.613. The first-order chi connectivity index (χ1) is 14.6. The van der Waals surface area contributed by atoms with E-state index in [0.29, 0.717) is 10.8 Å². The minimum atomic E-state index is -0.111. The van der Waals surface area contributed by atoms with E-state index in [9.17, 15) is 4.79 Å². The molecule has 5 rings (SSSR count). The van der Waals surface area contributed by atoms with Gasteiger partial charge in [0.15, 0.2) is 0 Å². The fourth-order valence-electron chi connectivity index (χ4n) is 4.91. The molecule has 1 atom stereocenters. The number of ether oxygens (including phenoxy) is 1. The largest absolute Gasteiger partial charge is 0.469 e. The van der Waals surface area contributed by atoms with E-state index in [2.05, 4.69) is 20.8 Å². The van der Waals surface area contributed by atoms with Crippen molar-refractivity contribution in [1.82, 2.24) is 14.4 Å². The highest BCUT2D eigenvalue weighted by Gasteiger charge is 2.33. The number of benzene rings is 1. The molecule has 3 heterocycles. The minimum Gasteiger partial charge on any atom is -0.469 e. The first kappa shape index (κ1) is 19.2. The van der Waals surface area contributed by atoms with Crippen LogP contribution in [0.3, 0.4) is 0 Å². The second kappa shape index (κ2) is 7.47. The third-order valence-corrected chi connectivity index (χ3v) is 6.75. The summed E-state index contributed by atoms with van der Waals surface area (Å²) in [6.45, 7) is 0. The number of nitrogens with one attached hydrogen (secondary N) is 1. The van der Waals surface area contributed by atoms with Crippen molar-refractivity contribution in [3.63, 3.8) is 0 Å². The summed E-state index contributed by atoms with van der Waals surface area (Å²) < 4.78 is 7.00. The molecule has 1 fully saturated rings. The fraction of sp³-hybridized carbons (Fsp3) is 0.409. The number of carbonyl (C=O) groups excluding carboxylic acids is 1. The summed E-state index contributed by atoms with van der Waals surface area (Å²) >= 11 is 6.39. The zero-order chi connectivity index (χ0) is 20.8. The molecule has 0 amide bonds. The Balaban J connectivity index is 1.50. The fourth-order valence-corrected chi connectivity index (χ4v) is 5.16. The normalized spacial score (nSPS) is 23.2. The Hall–Kier alpha value is -2.80. The molecule has 1 saturated carbocycles. The maximum atomic E-state index is 11.9. The summed E-state index contributed by atoms with van der Waals surface area (Å²) in [5, 5.41) is 4.25. The minimum absolute atomic E-state index is 0.0124. The molecule has 7 nitrogen and oxygen atoms in total. The molecule has 1 unspecified atom stereocenters. The Morgan fingerprint density at radius 3 is 2.83 bits per heavy atom. The zero-order valence-electron chi connectivity index (χ0n) is 16.8. The van der Waals surface area contributed by atoms with E-state index in [0.717, 1.165) is 54.8 Å². The Bertz CT molecular complexity index is 1120. The van der Waals surface area contributed by atoms with Crippen molar-refractivity contribution in [2.24, 2.45) is 5.92 Å². The van der Waals surface area contributed by atoms with E-state index in [-0.39, 0.29) is 23.8 Å². The Labute approximate surface area is 179 Å². The highest BCUT2D eigenvalue weighted by Crippen LogP contribution is 2.42. The molecule has 1 aliphatic heterocycles. The molecule has 0 saturated heterocycles. The Morgan fingerprint density at radius 1 is 1.30 bits per heavy atom. The molecule has 0 spiro atoms. The zero-order valence-corrected chi connectivity index (χ0v) is 17.5. The Kier molecular flexibility index (Phi) is 4.77. The van der Waals surface area contributed by atoms with E-state index in [1.807, 2.05) is 18.3 Å². The van der Waals surface area contributed by atoms with Crippen LogP contribution in [0.25, 0.3) is 5.52 Å². The summed E-state index contributed by atoms with van der Waals surface area (Å²) in [5.41, 5.74) is 10.2. The monoisotopic (exact) mass is 425 g/mol. The number of nitrogens with zero attached hydrogens (tertiary/aromatic N) is 3. The maximum absolute atomic E-state index is 11.9. The maximum Gasteiger partial charge on any atom is 0.308 e. The number of esters is 1. The van der Waals surface area contributed by atoms with Gasteiger partial charge < -0.3 is 15.8 Å². The third-order valence-electron chi connectivity index (χ3n) is 6.44. The number of nitrogen functional groups attached to an aromatic ring is 1. The highest BCUT2D eigenvalue weighted by atomic mass is 35.5. The molecule has 0 radical (unpaired) electrons. The lowest BCUT2D eigenvalue weighted by Gasteiger charge is -2.26. The van der Waals surface area contributed by atoms with E-state index in [4.69, 9.17) is 27.1 Å². The molecule has 156 valence electrons. The number of nitrogens with two attached hydrogens (primary N) is 1. The van der Waals surface area contributed by atoms with Crippen molar-refractivity contribution in [1.29, 1.82) is 0 Å². The Morgan fingerprint density at radius 2 is 2.10 bits per heavy atom. The number of imidazole rings is 1. The smallest absolute Gasteiger partial charge is 0.308 e. The van der Waals surface area contributed by atoms with Gasteiger partial charge in [-0.3, -0.25) is 9.20 Å². The van der Waals surface area contributed by atoms with Crippen molar-refractivity contribution in [3.8, 4) is 0 Å². The number of para-hydroxylation sites is 1. The lowest BCUT2D eigenvalue weighted by Crippen LogP contribution is -2.23. The summed E-state index contributed by atoms with van der Waals surface area (Å²) in [7, 11) is 1.46. The molecule has 3 N–H and O–H groups in total. The van der Waals surface area contributed by atoms with Gasteiger partial charge in [-0.2, -0.15) is 0 Å². The molecule has 1 aliphatic carbocycles. The first-order valence-electron chi connectivity index (χ1n) is 10.3. The van der Waals surface area contributed by atoms with Crippen LogP contribution in [-0.4, -0.2) is 27.4 Å². The van der Waals surface area contributed by atoms with E-state index < -0.39 is 0 Å². The number of carbonyl (C=O) groups is 1. The van der Waals surface area contributed by atoms with Crippen molar-refractivity contribution in [3.05, 3.63) is 52.7 Å². The lowest BCUT2D eigenvalue weighted by atomic mass is 9.81. The van der Waals surface area contributed by atoms with E-state index >= 15 is 0 Å². The van der Waals surface area contributed by atoms with E-state index in [1.165, 1.54) is 12.7 Å². The molecule has 1 aromatic carbocycles. The molecule has 2 aromatic heterocycles. The molecule has 3 aromatic rings. The standard InChI is InChI=1S/C22H24ClN5O2/c1-30-22(29)13-7-5-12(6-8-13)21-27-18(19-20(24)25-9-10-28(19)21)16-11-14-3-2-4-15(23)17(14)26-16/h2-4,9-10,12-13,16,26H,5-8,11H2,1H3,(H2,24,25). The molecule has 2 aliphatic rings. The number of halogens is 1. The topological polar surface area (TPSA) is 94.5 Å². The van der Waals surface area contributed by atoms with Crippen LogP contribution in [-0.2, 0) is 16.0 Å². The van der Waals surface area contributed by atoms with Crippen LogP contribution in [0, 0.1) is 5.92 Å². The lowest BCUT2D eigenvalue weighted by molar-refractivity contribution is -0.146. The molecular formula is C22H24ClN5O2. The predicted molar refractivity (Wildman–Crippen MR) is 116 cm³/mol. The molecular weight excluding hydrogens is 402 g/mol. The van der Waals surface area contributed by atoms with Crippen LogP contribution < -0.4 is 11.1 Å². The first-order valence-corrected chi connectivity index (χ1v) is 10.7. The predicted octanol–water partition coefficient (Wildman–Crippen LogP) is 4.12. The van der Waals surface area contributed by atoms with Crippen LogP contribution in [0.5, 0.6) is 0 Å². The number of methoxy groups -OCH3 is 1. The second-order valence-electron chi connectivity index (χ2n) is 8.13. The van der Waals surface area contributed by atoms with Gasteiger partial charge in [-0.05, 0) is 37.3 Å². The van der Waals surface area contributed by atoms with Crippen LogP contribution in [0.15, 0.2) is 30.6 Å². The van der Waals surface area contributed by atoms with Gasteiger partial charge >= 0.3 is 5.97 Å². The average molecular weight is 426 g/mol. The molecule has 30 heavy (non-hydrogen) atoms. The van der Waals surface area contributed by atoms with Crippen molar-refractivity contribution >= 4 is 34.6 Å². The van der Waals surface area contributed by atoms with Crippen LogP contribution in [0.4, 0.5) is 11.5 Å². The SMILES string of the molecule is COC(=O)C1CCC(c2nc(C3Cc4cccc(Cl)c4N3)c3c(N)nccn23)CC1. The number of rotatable bonds is 3. The van der Waals surface area contributed by atoms with Gasteiger partial charge in [0.2, 0.25) is 0 Å². The van der Waals surface area contributed by atoms with Gasteiger partial charge in [0.25, 0.3) is 0 Å². The number of hydrogen-bond donors (Lipinski definition) is 2. The number of hydrogen-bond acceptors (Lipinski definition) is 6. The van der Waals surface area contributed by atoms with Gasteiger partial charge in [0, 0.05) is 24.7 Å². The summed E-state index contributed by atoms with van der Waals surface area (Å²) in [5.74, 6) is 1.60. The number of anilines is 2. The summed E-state index contributed by atoms with van der Waals surface area (Å²) in [4.78, 5) is 21.3. The summed E-state index contributed by atoms with van der Waals surface area (Å²) in [6, 6.07) is 5.93. The van der Waals surface area contributed by atoms with Gasteiger partial charge in [-0.1, -0.05) is 23.7 Å².